The van der Waals surface area contributed by atoms with Crippen LogP contribution in [0.15, 0.2) is 63.2 Å². The van der Waals surface area contributed by atoms with Crippen molar-refractivity contribution >= 4 is 39.0 Å². The van der Waals surface area contributed by atoms with Crippen LogP contribution >= 0.6 is 27.3 Å². The van der Waals surface area contributed by atoms with E-state index in [1.165, 1.54) is 22.1 Å². The van der Waals surface area contributed by atoms with Crippen molar-refractivity contribution in [3.05, 3.63) is 80.0 Å². The lowest BCUT2D eigenvalue weighted by atomic mass is 10.1. The van der Waals surface area contributed by atoms with Crippen molar-refractivity contribution in [1.29, 1.82) is 0 Å². The predicted octanol–water partition coefficient (Wildman–Crippen LogP) is 4.82. The topological polar surface area (TPSA) is 92.7 Å². The molecule has 0 saturated heterocycles. The minimum Gasteiger partial charge on any atom is -0.306 e. The number of benzene rings is 1. The number of nitrogens with one attached hydrogen (secondary N) is 2. The van der Waals surface area contributed by atoms with Crippen LogP contribution < -0.4 is 10.9 Å². The van der Waals surface area contributed by atoms with Gasteiger partial charge in [0, 0.05) is 22.2 Å². The average Bonchev–Trinajstić information content (AvgIpc) is 3.38. The molecule has 1 aromatic carbocycles. The Kier molecular flexibility index (Phi) is 5.65. The number of anilines is 1. The Morgan fingerprint density at radius 1 is 1.20 bits per heavy atom. The average molecular weight is 484 g/mol. The summed E-state index contributed by atoms with van der Waals surface area (Å²) in [5.74, 6) is 0.443. The van der Waals surface area contributed by atoms with Crippen LogP contribution in [0, 0.1) is 0 Å². The highest BCUT2D eigenvalue weighted by molar-refractivity contribution is 9.10. The standard InChI is InChI=1S/C21H18BrN5O2S/c1-12(2)15-11-19(28)25-21(23-15)27-18(10-16(26-27)17-4-3-9-30-17)24-20(29)13-5-7-14(22)8-6-13/h3-12H,1-2H3,(H,24,29)(H,23,25,28). The molecule has 0 saturated carbocycles. The molecular weight excluding hydrogens is 466 g/mol. The SMILES string of the molecule is CC(C)c1cc(=O)[nH]c(-n2nc(-c3cccs3)cc2NC(=O)c2ccc(Br)cc2)n1. The van der Waals surface area contributed by atoms with E-state index in [1.54, 1.807) is 30.3 Å². The van der Waals surface area contributed by atoms with Crippen LogP contribution in [-0.4, -0.2) is 25.7 Å². The summed E-state index contributed by atoms with van der Waals surface area (Å²) in [6, 6.07) is 14.2. The summed E-state index contributed by atoms with van der Waals surface area (Å²) in [5.41, 5.74) is 1.55. The molecule has 0 aliphatic carbocycles. The molecule has 152 valence electrons. The van der Waals surface area contributed by atoms with Crippen LogP contribution in [-0.2, 0) is 0 Å². The third-order valence-electron chi connectivity index (χ3n) is 4.37. The van der Waals surface area contributed by atoms with Gasteiger partial charge in [0.15, 0.2) is 0 Å². The van der Waals surface area contributed by atoms with Crippen molar-refractivity contribution in [2.45, 2.75) is 19.8 Å². The van der Waals surface area contributed by atoms with Gasteiger partial charge in [0.25, 0.3) is 11.5 Å². The molecule has 0 aliphatic heterocycles. The van der Waals surface area contributed by atoms with Gasteiger partial charge in [-0.15, -0.1) is 11.3 Å². The fourth-order valence-corrected chi connectivity index (χ4v) is 3.77. The predicted molar refractivity (Wildman–Crippen MR) is 121 cm³/mol. The first-order valence-electron chi connectivity index (χ1n) is 9.23. The zero-order valence-corrected chi connectivity index (χ0v) is 18.6. The molecule has 4 aromatic rings. The highest BCUT2D eigenvalue weighted by Crippen LogP contribution is 2.27. The van der Waals surface area contributed by atoms with E-state index < -0.39 is 0 Å². The lowest BCUT2D eigenvalue weighted by Gasteiger charge is -2.10. The highest BCUT2D eigenvalue weighted by atomic mass is 79.9. The van der Waals surface area contributed by atoms with Gasteiger partial charge in [0.05, 0.1) is 10.6 Å². The van der Waals surface area contributed by atoms with Crippen molar-refractivity contribution < 1.29 is 4.79 Å². The molecule has 0 atom stereocenters. The summed E-state index contributed by atoms with van der Waals surface area (Å²) in [4.78, 5) is 33.2. The van der Waals surface area contributed by atoms with Gasteiger partial charge in [-0.1, -0.05) is 35.8 Å². The quantitative estimate of drug-likeness (QED) is 0.425. The number of amides is 1. The van der Waals surface area contributed by atoms with Crippen molar-refractivity contribution in [3.63, 3.8) is 0 Å². The van der Waals surface area contributed by atoms with E-state index in [2.05, 4.69) is 36.3 Å². The van der Waals surface area contributed by atoms with E-state index in [9.17, 15) is 9.59 Å². The van der Waals surface area contributed by atoms with Gasteiger partial charge in [-0.2, -0.15) is 9.78 Å². The van der Waals surface area contributed by atoms with E-state index >= 15 is 0 Å². The monoisotopic (exact) mass is 483 g/mol. The fraction of sp³-hybridized carbons (Fsp3) is 0.143. The van der Waals surface area contributed by atoms with E-state index in [0.29, 0.717) is 22.8 Å². The lowest BCUT2D eigenvalue weighted by molar-refractivity contribution is 0.102. The summed E-state index contributed by atoms with van der Waals surface area (Å²) in [6.07, 6.45) is 0. The number of aromatic amines is 1. The fourth-order valence-electron chi connectivity index (χ4n) is 2.83. The van der Waals surface area contributed by atoms with Crippen molar-refractivity contribution in [3.8, 4) is 16.5 Å². The minimum absolute atomic E-state index is 0.0687. The number of halogens is 1. The van der Waals surface area contributed by atoms with Crippen LogP contribution in [0.5, 0.6) is 0 Å². The van der Waals surface area contributed by atoms with Gasteiger partial charge in [0.2, 0.25) is 5.95 Å². The van der Waals surface area contributed by atoms with Gasteiger partial charge < -0.3 is 5.32 Å². The first kappa shape index (κ1) is 20.2. The Morgan fingerprint density at radius 3 is 2.63 bits per heavy atom. The molecule has 0 radical (unpaired) electrons. The molecule has 9 heteroatoms. The molecule has 3 heterocycles. The Hall–Kier alpha value is -3.04. The largest absolute Gasteiger partial charge is 0.306 e. The van der Waals surface area contributed by atoms with E-state index in [0.717, 1.165) is 9.35 Å². The minimum atomic E-state index is -0.288. The Bertz CT molecular complexity index is 1240. The number of aromatic nitrogens is 4. The van der Waals surface area contributed by atoms with Crippen molar-refractivity contribution in [2.24, 2.45) is 0 Å². The molecule has 0 fully saturated rings. The van der Waals surface area contributed by atoms with Gasteiger partial charge in [-0.25, -0.2) is 4.98 Å². The maximum absolute atomic E-state index is 12.8. The second-order valence-electron chi connectivity index (χ2n) is 6.91. The molecule has 30 heavy (non-hydrogen) atoms. The van der Waals surface area contributed by atoms with Crippen LogP contribution in [0.1, 0.15) is 35.8 Å². The number of hydrogen-bond acceptors (Lipinski definition) is 5. The van der Waals surface area contributed by atoms with Crippen LogP contribution in [0.4, 0.5) is 5.82 Å². The number of nitrogens with zero attached hydrogens (tertiary/aromatic N) is 3. The highest BCUT2D eigenvalue weighted by Gasteiger charge is 2.18. The third-order valence-corrected chi connectivity index (χ3v) is 5.79. The molecule has 1 amide bonds. The second kappa shape index (κ2) is 8.37. The first-order chi connectivity index (χ1) is 14.4. The number of rotatable bonds is 5. The molecule has 0 bridgehead atoms. The van der Waals surface area contributed by atoms with Crippen LogP contribution in [0.2, 0.25) is 0 Å². The second-order valence-corrected chi connectivity index (χ2v) is 8.78. The normalized spacial score (nSPS) is 11.1. The Balaban J connectivity index is 1.78. The Labute approximate surface area is 184 Å². The smallest absolute Gasteiger partial charge is 0.256 e. The summed E-state index contributed by atoms with van der Waals surface area (Å²) >= 11 is 4.90. The molecule has 3 aromatic heterocycles. The van der Waals surface area contributed by atoms with Crippen molar-refractivity contribution in [1.82, 2.24) is 19.7 Å². The molecule has 0 spiro atoms. The summed E-state index contributed by atoms with van der Waals surface area (Å²) in [6.45, 7) is 3.92. The molecule has 2 N–H and O–H groups in total. The third kappa shape index (κ3) is 4.27. The summed E-state index contributed by atoms with van der Waals surface area (Å²) < 4.78 is 2.34. The van der Waals surface area contributed by atoms with Crippen molar-refractivity contribution in [2.75, 3.05) is 5.32 Å². The van der Waals surface area contributed by atoms with Gasteiger partial charge in [-0.3, -0.25) is 14.6 Å². The molecule has 0 aliphatic rings. The number of hydrogen-bond donors (Lipinski definition) is 2. The summed E-state index contributed by atoms with van der Waals surface area (Å²) in [5, 5.41) is 9.43. The van der Waals surface area contributed by atoms with Crippen LogP contribution in [0.3, 0.4) is 0 Å². The maximum atomic E-state index is 12.8. The van der Waals surface area contributed by atoms with Gasteiger partial charge >= 0.3 is 0 Å². The number of carbonyl (C=O) groups is 1. The maximum Gasteiger partial charge on any atom is 0.256 e. The molecule has 7 nitrogen and oxygen atoms in total. The van der Waals surface area contributed by atoms with Crippen LogP contribution in [0.25, 0.3) is 16.5 Å². The van der Waals surface area contributed by atoms with E-state index in [1.807, 2.05) is 31.4 Å². The van der Waals surface area contributed by atoms with Gasteiger partial charge in [-0.05, 0) is 41.6 Å². The number of carbonyl (C=O) groups excluding carboxylic acids is 1. The zero-order chi connectivity index (χ0) is 21.3. The van der Waals surface area contributed by atoms with Gasteiger partial charge in [0.1, 0.15) is 11.5 Å². The van der Waals surface area contributed by atoms with E-state index in [-0.39, 0.29) is 23.3 Å². The zero-order valence-electron chi connectivity index (χ0n) is 16.2. The summed E-state index contributed by atoms with van der Waals surface area (Å²) in [7, 11) is 0. The lowest BCUT2D eigenvalue weighted by Crippen LogP contribution is -2.19. The number of thiophene rings is 1. The molecule has 0 unspecified atom stereocenters. The number of H-pyrrole nitrogens is 1. The molecular formula is C21H18BrN5O2S. The van der Waals surface area contributed by atoms with E-state index in [4.69, 9.17) is 0 Å². The molecule has 4 rings (SSSR count). The Morgan fingerprint density at radius 2 is 1.97 bits per heavy atom. The first-order valence-corrected chi connectivity index (χ1v) is 10.9.